The predicted octanol–water partition coefficient (Wildman–Crippen LogP) is 3.93. The van der Waals surface area contributed by atoms with Crippen molar-refractivity contribution >= 4 is 34.4 Å². The Hall–Kier alpha value is -4.08. The zero-order valence-corrected chi connectivity index (χ0v) is 24.2. The van der Waals surface area contributed by atoms with Crippen LogP contribution in [-0.4, -0.2) is 85.4 Å². The van der Waals surface area contributed by atoms with E-state index in [0.717, 1.165) is 58.9 Å². The fourth-order valence-electron chi connectivity index (χ4n) is 6.06. The number of nitrogens with one attached hydrogen (secondary N) is 1. The van der Waals surface area contributed by atoms with Crippen molar-refractivity contribution in [1.29, 1.82) is 0 Å². The first-order valence-corrected chi connectivity index (χ1v) is 14.4. The van der Waals surface area contributed by atoms with Gasteiger partial charge in [-0.2, -0.15) is 0 Å². The zero-order chi connectivity index (χ0) is 28.7. The van der Waals surface area contributed by atoms with E-state index in [0.29, 0.717) is 38.6 Å². The standard InChI is InChI=1S/C31H38N6O4/c1-31(2,3)41-30(39)36-13-11-35(12-14-36)28-8-5-20(17-33-28)25-16-27(23-7-6-22(40-4)15-26(23)34-25)37-18-21-9-10-32-29(38)24(21)19-37/h5-8,15-17,21,24H,9-14,18-19H2,1-4H3,(H,32,38)/t21-,24+/m0/s1. The van der Waals surface area contributed by atoms with Crippen molar-refractivity contribution in [3.63, 3.8) is 0 Å². The molecule has 0 radical (unpaired) electrons. The first-order valence-electron chi connectivity index (χ1n) is 14.4. The van der Waals surface area contributed by atoms with Gasteiger partial charge in [-0.3, -0.25) is 4.79 Å². The Kier molecular flexibility index (Phi) is 7.09. The molecule has 2 atom stereocenters. The summed E-state index contributed by atoms with van der Waals surface area (Å²) in [4.78, 5) is 41.0. The molecular formula is C31H38N6O4. The number of piperidine rings is 1. The Morgan fingerprint density at radius 1 is 1.02 bits per heavy atom. The second-order valence-electron chi connectivity index (χ2n) is 12.1. The first kappa shape index (κ1) is 27.1. The van der Waals surface area contributed by atoms with Crippen molar-refractivity contribution < 1.29 is 19.1 Å². The summed E-state index contributed by atoms with van der Waals surface area (Å²) in [7, 11) is 1.66. The number of hydrogen-bond acceptors (Lipinski definition) is 8. The minimum Gasteiger partial charge on any atom is -0.497 e. The van der Waals surface area contributed by atoms with Crippen LogP contribution in [0.4, 0.5) is 16.3 Å². The number of carbonyl (C=O) groups is 2. The second kappa shape index (κ2) is 10.7. The van der Waals surface area contributed by atoms with E-state index in [1.54, 1.807) is 12.0 Å². The second-order valence-corrected chi connectivity index (χ2v) is 12.1. The monoisotopic (exact) mass is 558 g/mol. The Labute approximate surface area is 240 Å². The van der Waals surface area contributed by atoms with Crippen LogP contribution in [0.3, 0.4) is 0 Å². The van der Waals surface area contributed by atoms with Crippen LogP contribution in [-0.2, 0) is 9.53 Å². The van der Waals surface area contributed by atoms with Gasteiger partial charge in [0.1, 0.15) is 17.2 Å². The minimum atomic E-state index is -0.505. The lowest BCUT2D eigenvalue weighted by atomic mass is 9.89. The number of benzene rings is 1. The number of ether oxygens (including phenoxy) is 2. The van der Waals surface area contributed by atoms with Crippen molar-refractivity contribution in [2.24, 2.45) is 11.8 Å². The average molecular weight is 559 g/mol. The van der Waals surface area contributed by atoms with E-state index in [9.17, 15) is 9.59 Å². The average Bonchev–Trinajstić information content (AvgIpc) is 3.41. The van der Waals surface area contributed by atoms with Crippen LogP contribution in [0.1, 0.15) is 27.2 Å². The number of nitrogens with zero attached hydrogens (tertiary/aromatic N) is 5. The highest BCUT2D eigenvalue weighted by molar-refractivity contribution is 5.95. The van der Waals surface area contributed by atoms with Gasteiger partial charge >= 0.3 is 6.09 Å². The zero-order valence-electron chi connectivity index (χ0n) is 24.2. The lowest BCUT2D eigenvalue weighted by Crippen LogP contribution is -2.50. The van der Waals surface area contributed by atoms with Crippen LogP contribution in [0.15, 0.2) is 42.6 Å². The van der Waals surface area contributed by atoms with Gasteiger partial charge in [-0.25, -0.2) is 14.8 Å². The first-order chi connectivity index (χ1) is 19.7. The van der Waals surface area contributed by atoms with Crippen LogP contribution in [0.5, 0.6) is 5.75 Å². The molecule has 0 spiro atoms. The summed E-state index contributed by atoms with van der Waals surface area (Å²) in [6.45, 7) is 10.5. The number of aromatic nitrogens is 2. The molecule has 5 heterocycles. The quantitative estimate of drug-likeness (QED) is 0.514. The Balaban J connectivity index is 1.24. The summed E-state index contributed by atoms with van der Waals surface area (Å²) in [5.41, 5.74) is 3.17. The smallest absolute Gasteiger partial charge is 0.410 e. The van der Waals surface area contributed by atoms with Gasteiger partial charge in [0.05, 0.1) is 24.2 Å². The van der Waals surface area contributed by atoms with E-state index in [1.165, 1.54) is 0 Å². The van der Waals surface area contributed by atoms with Gasteiger partial charge in [0.2, 0.25) is 5.91 Å². The number of anilines is 2. The van der Waals surface area contributed by atoms with E-state index in [-0.39, 0.29) is 17.9 Å². The molecule has 2 aromatic heterocycles. The number of methoxy groups -OCH3 is 1. The molecule has 216 valence electrons. The van der Waals surface area contributed by atoms with Gasteiger partial charge in [-0.1, -0.05) is 0 Å². The number of carbonyl (C=O) groups excluding carboxylic acids is 2. The molecular weight excluding hydrogens is 520 g/mol. The highest BCUT2D eigenvalue weighted by Crippen LogP contribution is 2.38. The molecule has 6 rings (SSSR count). The predicted molar refractivity (Wildman–Crippen MR) is 158 cm³/mol. The maximum absolute atomic E-state index is 12.6. The molecule has 3 aliphatic heterocycles. The van der Waals surface area contributed by atoms with Gasteiger partial charge in [-0.05, 0) is 63.4 Å². The maximum atomic E-state index is 12.6. The Morgan fingerprint density at radius 3 is 2.51 bits per heavy atom. The normalized spacial score (nSPS) is 21.1. The van der Waals surface area contributed by atoms with E-state index < -0.39 is 5.60 Å². The van der Waals surface area contributed by atoms with E-state index in [1.807, 2.05) is 45.2 Å². The fraction of sp³-hybridized carbons (Fsp3) is 0.484. The summed E-state index contributed by atoms with van der Waals surface area (Å²) >= 11 is 0. The Morgan fingerprint density at radius 2 is 1.83 bits per heavy atom. The van der Waals surface area contributed by atoms with Gasteiger partial charge < -0.3 is 29.5 Å². The number of piperazine rings is 1. The molecule has 10 heteroatoms. The topological polar surface area (TPSA) is 100 Å². The maximum Gasteiger partial charge on any atom is 0.410 e. The van der Waals surface area contributed by atoms with E-state index in [4.69, 9.17) is 19.4 Å². The number of amides is 2. The van der Waals surface area contributed by atoms with Gasteiger partial charge in [0.25, 0.3) is 0 Å². The van der Waals surface area contributed by atoms with Crippen molar-refractivity contribution in [2.75, 3.05) is 62.7 Å². The molecule has 3 saturated heterocycles. The van der Waals surface area contributed by atoms with Crippen LogP contribution in [0.2, 0.25) is 0 Å². The van der Waals surface area contributed by atoms with Crippen molar-refractivity contribution in [3.05, 3.63) is 42.6 Å². The van der Waals surface area contributed by atoms with Crippen LogP contribution >= 0.6 is 0 Å². The molecule has 3 aromatic rings. The summed E-state index contributed by atoms with van der Waals surface area (Å²) in [5, 5.41) is 4.07. The Bertz CT molecular complexity index is 1450. The van der Waals surface area contributed by atoms with Crippen LogP contribution in [0, 0.1) is 11.8 Å². The molecule has 0 saturated carbocycles. The van der Waals surface area contributed by atoms with Gasteiger partial charge in [-0.15, -0.1) is 0 Å². The third-order valence-corrected chi connectivity index (χ3v) is 8.23. The number of pyridine rings is 2. The molecule has 3 fully saturated rings. The highest BCUT2D eigenvalue weighted by Gasteiger charge is 2.40. The molecule has 41 heavy (non-hydrogen) atoms. The lowest BCUT2D eigenvalue weighted by molar-refractivity contribution is -0.127. The van der Waals surface area contributed by atoms with Crippen LogP contribution in [0.25, 0.3) is 22.2 Å². The van der Waals surface area contributed by atoms with Crippen molar-refractivity contribution in [2.45, 2.75) is 32.8 Å². The van der Waals surface area contributed by atoms with E-state index >= 15 is 0 Å². The summed E-state index contributed by atoms with van der Waals surface area (Å²) in [6, 6.07) is 12.2. The number of rotatable bonds is 4. The molecule has 10 nitrogen and oxygen atoms in total. The minimum absolute atomic E-state index is 0.0189. The van der Waals surface area contributed by atoms with E-state index in [2.05, 4.69) is 33.3 Å². The highest BCUT2D eigenvalue weighted by atomic mass is 16.6. The number of hydrogen-bond donors (Lipinski definition) is 1. The summed E-state index contributed by atoms with van der Waals surface area (Å²) in [5.74, 6) is 2.17. The van der Waals surface area contributed by atoms with Crippen molar-refractivity contribution in [1.82, 2.24) is 20.2 Å². The SMILES string of the molecule is COc1ccc2c(N3C[C@@H]4CCNC(=O)[C@@H]4C3)cc(-c3ccc(N4CCN(C(=O)OC(C)(C)C)CC4)nc3)nc2c1. The third-order valence-electron chi connectivity index (χ3n) is 8.23. The molecule has 1 aromatic carbocycles. The van der Waals surface area contributed by atoms with Crippen molar-refractivity contribution in [3.8, 4) is 17.0 Å². The molecule has 1 N–H and O–H groups in total. The third kappa shape index (κ3) is 5.60. The summed E-state index contributed by atoms with van der Waals surface area (Å²) in [6.07, 6.45) is 2.60. The van der Waals surface area contributed by atoms with Gasteiger partial charge in [0.15, 0.2) is 0 Å². The van der Waals surface area contributed by atoms with Crippen LogP contribution < -0.4 is 19.9 Å². The molecule has 0 aliphatic carbocycles. The molecule has 3 aliphatic rings. The largest absolute Gasteiger partial charge is 0.497 e. The molecule has 0 bridgehead atoms. The molecule has 2 amide bonds. The number of fused-ring (bicyclic) bond motifs is 2. The lowest BCUT2D eigenvalue weighted by Gasteiger charge is -2.36. The summed E-state index contributed by atoms with van der Waals surface area (Å²) < 4.78 is 11.0. The van der Waals surface area contributed by atoms with Gasteiger partial charge in [0, 0.05) is 74.7 Å². The fourth-order valence-corrected chi connectivity index (χ4v) is 6.06. The molecule has 0 unspecified atom stereocenters.